The third kappa shape index (κ3) is 1.76. The maximum atomic E-state index is 11.2. The number of likely N-dealkylation sites (N-methyl/N-ethyl adjacent to an activating group) is 1. The van der Waals surface area contributed by atoms with Crippen molar-refractivity contribution in [1.29, 1.82) is 0 Å². The standard InChI is InChI=1S/C8H16N2O2/c1-6-5-7(11)10(8(6)12)4-3-9-2/h6,8-9,12H,3-5H2,1-2H3. The molecule has 1 aliphatic heterocycles. The van der Waals surface area contributed by atoms with Gasteiger partial charge in [0.15, 0.2) is 0 Å². The van der Waals surface area contributed by atoms with Crippen molar-refractivity contribution in [3.8, 4) is 0 Å². The summed E-state index contributed by atoms with van der Waals surface area (Å²) in [5, 5.41) is 12.5. The molecule has 0 aromatic carbocycles. The number of carbonyl (C=O) groups excluding carboxylic acids is 1. The average molecular weight is 172 g/mol. The minimum atomic E-state index is -0.578. The summed E-state index contributed by atoms with van der Waals surface area (Å²) < 4.78 is 0. The number of aliphatic hydroxyl groups is 1. The van der Waals surface area contributed by atoms with Crippen LogP contribution in [0.25, 0.3) is 0 Å². The van der Waals surface area contributed by atoms with Crippen LogP contribution >= 0.6 is 0 Å². The van der Waals surface area contributed by atoms with Gasteiger partial charge in [-0.05, 0) is 7.05 Å². The molecule has 2 atom stereocenters. The minimum Gasteiger partial charge on any atom is -0.373 e. The predicted molar refractivity (Wildman–Crippen MR) is 45.4 cm³/mol. The fraction of sp³-hybridized carbons (Fsp3) is 0.875. The normalized spacial score (nSPS) is 29.9. The lowest BCUT2D eigenvalue weighted by atomic mass is 10.1. The molecule has 0 saturated carbocycles. The van der Waals surface area contributed by atoms with Gasteiger partial charge in [0.25, 0.3) is 0 Å². The zero-order valence-electron chi connectivity index (χ0n) is 7.58. The molecule has 0 aliphatic carbocycles. The Hall–Kier alpha value is -0.610. The third-order valence-corrected chi connectivity index (χ3v) is 2.25. The van der Waals surface area contributed by atoms with Gasteiger partial charge < -0.3 is 15.3 Å². The van der Waals surface area contributed by atoms with E-state index < -0.39 is 6.23 Å². The molecule has 0 aromatic rings. The zero-order chi connectivity index (χ0) is 9.14. The van der Waals surface area contributed by atoms with Gasteiger partial charge in [0.1, 0.15) is 6.23 Å². The molecule has 4 nitrogen and oxygen atoms in total. The van der Waals surface area contributed by atoms with Gasteiger partial charge in [-0.15, -0.1) is 0 Å². The van der Waals surface area contributed by atoms with Crippen molar-refractivity contribution in [2.45, 2.75) is 19.6 Å². The number of carbonyl (C=O) groups is 1. The summed E-state index contributed by atoms with van der Waals surface area (Å²) in [6, 6.07) is 0. The Labute approximate surface area is 72.6 Å². The van der Waals surface area contributed by atoms with Crippen LogP contribution in [-0.4, -0.2) is 42.3 Å². The molecule has 0 spiro atoms. The van der Waals surface area contributed by atoms with Crippen LogP contribution in [0.4, 0.5) is 0 Å². The van der Waals surface area contributed by atoms with Crippen LogP contribution in [0.1, 0.15) is 13.3 Å². The van der Waals surface area contributed by atoms with E-state index in [9.17, 15) is 9.90 Å². The van der Waals surface area contributed by atoms with Crippen molar-refractivity contribution >= 4 is 5.91 Å². The van der Waals surface area contributed by atoms with Gasteiger partial charge in [0.05, 0.1) is 0 Å². The molecule has 70 valence electrons. The molecule has 2 unspecified atom stereocenters. The van der Waals surface area contributed by atoms with Crippen molar-refractivity contribution in [3.05, 3.63) is 0 Å². The molecule has 12 heavy (non-hydrogen) atoms. The molecule has 1 rings (SSSR count). The van der Waals surface area contributed by atoms with Gasteiger partial charge in [0.2, 0.25) is 5.91 Å². The topological polar surface area (TPSA) is 52.6 Å². The average Bonchev–Trinajstić information content (AvgIpc) is 2.25. The summed E-state index contributed by atoms with van der Waals surface area (Å²) in [4.78, 5) is 12.8. The number of aliphatic hydroxyl groups excluding tert-OH is 1. The van der Waals surface area contributed by atoms with Gasteiger partial charge in [-0.25, -0.2) is 0 Å². The quantitative estimate of drug-likeness (QED) is 0.597. The fourth-order valence-electron chi connectivity index (χ4n) is 1.44. The van der Waals surface area contributed by atoms with Gasteiger partial charge >= 0.3 is 0 Å². The Bertz CT molecular complexity index is 172. The van der Waals surface area contributed by atoms with Crippen molar-refractivity contribution in [2.75, 3.05) is 20.1 Å². The lowest BCUT2D eigenvalue weighted by Gasteiger charge is -2.21. The van der Waals surface area contributed by atoms with E-state index >= 15 is 0 Å². The Kier molecular flexibility index (Phi) is 3.05. The van der Waals surface area contributed by atoms with Crippen molar-refractivity contribution < 1.29 is 9.90 Å². The first kappa shape index (κ1) is 9.48. The second kappa shape index (κ2) is 3.87. The SMILES string of the molecule is CNCCN1C(=O)CC(C)C1O. The number of nitrogens with one attached hydrogen (secondary N) is 1. The molecule has 1 saturated heterocycles. The third-order valence-electron chi connectivity index (χ3n) is 2.25. The van der Waals surface area contributed by atoms with Gasteiger partial charge in [-0.2, -0.15) is 0 Å². The highest BCUT2D eigenvalue weighted by atomic mass is 16.3. The lowest BCUT2D eigenvalue weighted by Crippen LogP contribution is -2.38. The van der Waals surface area contributed by atoms with Crippen LogP contribution in [0.2, 0.25) is 0 Å². The number of nitrogens with zero attached hydrogens (tertiary/aromatic N) is 1. The van der Waals surface area contributed by atoms with E-state index in [4.69, 9.17) is 0 Å². The molecule has 1 amide bonds. The Balaban J connectivity index is 2.46. The molecule has 1 heterocycles. The van der Waals surface area contributed by atoms with E-state index in [2.05, 4.69) is 5.32 Å². The predicted octanol–water partition coefficient (Wildman–Crippen LogP) is -0.607. The fourth-order valence-corrected chi connectivity index (χ4v) is 1.44. The largest absolute Gasteiger partial charge is 0.373 e. The van der Waals surface area contributed by atoms with Crippen molar-refractivity contribution in [3.63, 3.8) is 0 Å². The maximum absolute atomic E-state index is 11.2. The van der Waals surface area contributed by atoms with E-state index in [-0.39, 0.29) is 11.8 Å². The molecular weight excluding hydrogens is 156 g/mol. The molecule has 4 heteroatoms. The summed E-state index contributed by atoms with van der Waals surface area (Å²) >= 11 is 0. The summed E-state index contributed by atoms with van der Waals surface area (Å²) in [5.41, 5.74) is 0. The number of amides is 1. The first-order valence-corrected chi connectivity index (χ1v) is 4.29. The first-order valence-electron chi connectivity index (χ1n) is 4.29. The molecule has 0 radical (unpaired) electrons. The van der Waals surface area contributed by atoms with E-state index in [0.717, 1.165) is 6.54 Å². The molecule has 0 aromatic heterocycles. The molecule has 1 aliphatic rings. The van der Waals surface area contributed by atoms with Crippen LogP contribution < -0.4 is 5.32 Å². The molecule has 0 bridgehead atoms. The highest BCUT2D eigenvalue weighted by Crippen LogP contribution is 2.22. The number of hydrogen-bond donors (Lipinski definition) is 2. The van der Waals surface area contributed by atoms with Crippen LogP contribution in [-0.2, 0) is 4.79 Å². The first-order chi connectivity index (χ1) is 5.66. The maximum Gasteiger partial charge on any atom is 0.225 e. The van der Waals surface area contributed by atoms with Gasteiger partial charge in [0, 0.05) is 25.4 Å². The van der Waals surface area contributed by atoms with Crippen molar-refractivity contribution in [2.24, 2.45) is 5.92 Å². The monoisotopic (exact) mass is 172 g/mol. The van der Waals surface area contributed by atoms with Crippen LogP contribution in [0.15, 0.2) is 0 Å². The van der Waals surface area contributed by atoms with E-state index in [0.29, 0.717) is 13.0 Å². The van der Waals surface area contributed by atoms with E-state index in [1.807, 2.05) is 14.0 Å². The minimum absolute atomic E-state index is 0.0604. The van der Waals surface area contributed by atoms with Crippen LogP contribution in [0, 0.1) is 5.92 Å². The number of hydrogen-bond acceptors (Lipinski definition) is 3. The van der Waals surface area contributed by atoms with E-state index in [1.54, 1.807) is 0 Å². The zero-order valence-corrected chi connectivity index (χ0v) is 7.58. The number of rotatable bonds is 3. The van der Waals surface area contributed by atoms with Gasteiger partial charge in [-0.3, -0.25) is 4.79 Å². The number of likely N-dealkylation sites (tertiary alicyclic amines) is 1. The van der Waals surface area contributed by atoms with Crippen LogP contribution in [0.5, 0.6) is 0 Å². The summed E-state index contributed by atoms with van der Waals surface area (Å²) in [7, 11) is 1.83. The summed E-state index contributed by atoms with van der Waals surface area (Å²) in [5.74, 6) is 0.139. The second-order valence-corrected chi connectivity index (χ2v) is 3.29. The smallest absolute Gasteiger partial charge is 0.225 e. The van der Waals surface area contributed by atoms with E-state index in [1.165, 1.54) is 4.90 Å². The second-order valence-electron chi connectivity index (χ2n) is 3.29. The summed E-state index contributed by atoms with van der Waals surface area (Å²) in [6.45, 7) is 3.22. The molecule has 2 N–H and O–H groups in total. The highest BCUT2D eigenvalue weighted by Gasteiger charge is 2.34. The molecular formula is C8H16N2O2. The Morgan fingerprint density at radius 3 is 2.83 bits per heavy atom. The van der Waals surface area contributed by atoms with Gasteiger partial charge in [-0.1, -0.05) is 6.92 Å². The Morgan fingerprint density at radius 1 is 1.75 bits per heavy atom. The van der Waals surface area contributed by atoms with Crippen molar-refractivity contribution in [1.82, 2.24) is 10.2 Å². The molecule has 1 fully saturated rings. The summed E-state index contributed by atoms with van der Waals surface area (Å²) in [6.07, 6.45) is -0.101. The lowest BCUT2D eigenvalue weighted by molar-refractivity contribution is -0.133. The highest BCUT2D eigenvalue weighted by molar-refractivity contribution is 5.78. The Morgan fingerprint density at radius 2 is 2.42 bits per heavy atom. The van der Waals surface area contributed by atoms with Crippen LogP contribution in [0.3, 0.4) is 0 Å².